The zero-order chi connectivity index (χ0) is 22.6. The molecule has 0 unspecified atom stereocenters. The van der Waals surface area contributed by atoms with Gasteiger partial charge in [0.25, 0.3) is 0 Å². The number of rotatable bonds is 3. The van der Waals surface area contributed by atoms with Crippen LogP contribution in [0.3, 0.4) is 0 Å². The molecule has 6 nitrogen and oxygen atoms in total. The summed E-state index contributed by atoms with van der Waals surface area (Å²) in [5.74, 6) is 0.843. The molecule has 3 fully saturated rings. The highest BCUT2D eigenvalue weighted by Crippen LogP contribution is 2.39. The number of hydrogen-bond donors (Lipinski definition) is 0. The van der Waals surface area contributed by atoms with Crippen molar-refractivity contribution in [3.63, 3.8) is 0 Å². The Morgan fingerprint density at radius 2 is 1.52 bits per heavy atom. The summed E-state index contributed by atoms with van der Waals surface area (Å²) in [5.41, 5.74) is -0.184. The Balaban J connectivity index is 1.36. The topological polar surface area (TPSA) is 57.2 Å². The molecule has 0 spiro atoms. The van der Waals surface area contributed by atoms with Gasteiger partial charge >= 0.3 is 13.2 Å². The van der Waals surface area contributed by atoms with Crippen LogP contribution in [0.2, 0.25) is 0 Å². The smallest absolute Gasteiger partial charge is 0.490 e. The summed E-state index contributed by atoms with van der Waals surface area (Å²) >= 11 is 0. The first kappa shape index (κ1) is 22.5. The number of carbonyl (C=O) groups excluding carboxylic acids is 1. The van der Waals surface area contributed by atoms with E-state index in [1.807, 2.05) is 49.9 Å². The van der Waals surface area contributed by atoms with E-state index in [4.69, 9.17) is 18.8 Å². The molecule has 1 amide bonds. The molecule has 1 aromatic rings. The molecule has 0 N–H and O–H groups in total. The van der Waals surface area contributed by atoms with Crippen LogP contribution in [0, 0.1) is 0 Å². The van der Waals surface area contributed by atoms with Crippen molar-refractivity contribution in [2.75, 3.05) is 0 Å². The molecule has 7 heteroatoms. The van der Waals surface area contributed by atoms with Crippen molar-refractivity contribution in [1.29, 1.82) is 0 Å². The fourth-order valence-corrected chi connectivity index (χ4v) is 4.71. The van der Waals surface area contributed by atoms with Crippen LogP contribution in [-0.2, 0) is 14.0 Å². The van der Waals surface area contributed by atoms with Crippen LogP contribution in [0.1, 0.15) is 74.1 Å². The summed E-state index contributed by atoms with van der Waals surface area (Å²) in [6.45, 7) is 14.0. The normalized spacial score (nSPS) is 29.2. The van der Waals surface area contributed by atoms with E-state index in [1.165, 1.54) is 0 Å². The molecule has 3 saturated heterocycles. The van der Waals surface area contributed by atoms with Crippen molar-refractivity contribution in [2.45, 2.75) is 109 Å². The first-order valence-corrected chi connectivity index (χ1v) is 11.5. The van der Waals surface area contributed by atoms with Gasteiger partial charge in [-0.15, -0.1) is 0 Å². The molecule has 3 aliphatic heterocycles. The van der Waals surface area contributed by atoms with Crippen LogP contribution in [0.5, 0.6) is 5.75 Å². The lowest BCUT2D eigenvalue weighted by Crippen LogP contribution is -2.50. The second-order valence-electron chi connectivity index (χ2n) is 11.1. The molecule has 0 saturated carbocycles. The summed E-state index contributed by atoms with van der Waals surface area (Å²) in [6, 6.07) is 8.40. The van der Waals surface area contributed by atoms with Crippen molar-refractivity contribution in [3.05, 3.63) is 24.3 Å². The summed E-state index contributed by atoms with van der Waals surface area (Å²) in [7, 11) is -0.369. The van der Waals surface area contributed by atoms with Gasteiger partial charge in [0.2, 0.25) is 0 Å². The third kappa shape index (κ3) is 4.58. The Morgan fingerprint density at radius 1 is 1.00 bits per heavy atom. The van der Waals surface area contributed by atoms with Gasteiger partial charge in [0.1, 0.15) is 17.5 Å². The quantitative estimate of drug-likeness (QED) is 0.671. The number of amides is 1. The number of nitrogens with zero attached hydrogens (tertiary/aromatic N) is 1. The molecular weight excluding hydrogens is 393 g/mol. The number of fused-ring (bicyclic) bond motifs is 2. The monoisotopic (exact) mass is 429 g/mol. The van der Waals surface area contributed by atoms with E-state index in [1.54, 1.807) is 0 Å². The third-order valence-electron chi connectivity index (χ3n) is 7.00. The van der Waals surface area contributed by atoms with Gasteiger partial charge in [0.15, 0.2) is 0 Å². The Bertz CT molecular complexity index is 786. The molecule has 4 rings (SSSR count). The van der Waals surface area contributed by atoms with Crippen molar-refractivity contribution in [1.82, 2.24) is 4.90 Å². The number of benzene rings is 1. The Labute approximate surface area is 186 Å². The Kier molecular flexibility index (Phi) is 5.58. The molecule has 1 aromatic carbocycles. The van der Waals surface area contributed by atoms with Gasteiger partial charge in [-0.2, -0.15) is 0 Å². The minimum Gasteiger partial charge on any atom is -0.490 e. The van der Waals surface area contributed by atoms with Crippen molar-refractivity contribution in [2.24, 2.45) is 0 Å². The van der Waals surface area contributed by atoms with Crippen molar-refractivity contribution >= 4 is 18.7 Å². The van der Waals surface area contributed by atoms with Gasteiger partial charge in [-0.1, -0.05) is 12.1 Å². The number of carbonyl (C=O) groups is 1. The van der Waals surface area contributed by atoms with Gasteiger partial charge < -0.3 is 23.7 Å². The van der Waals surface area contributed by atoms with Crippen LogP contribution in [-0.4, -0.2) is 53.1 Å². The molecule has 3 aliphatic rings. The van der Waals surface area contributed by atoms with E-state index < -0.39 is 5.60 Å². The van der Waals surface area contributed by atoms with Gasteiger partial charge in [-0.25, -0.2) is 4.79 Å². The van der Waals surface area contributed by atoms with Crippen molar-refractivity contribution in [3.8, 4) is 5.75 Å². The first-order valence-electron chi connectivity index (χ1n) is 11.5. The van der Waals surface area contributed by atoms with Crippen LogP contribution in [0.25, 0.3) is 0 Å². The second-order valence-corrected chi connectivity index (χ2v) is 11.1. The second kappa shape index (κ2) is 7.70. The van der Waals surface area contributed by atoms with Gasteiger partial charge in [0.05, 0.1) is 11.2 Å². The third-order valence-corrected chi connectivity index (χ3v) is 7.00. The zero-order valence-corrected chi connectivity index (χ0v) is 19.9. The van der Waals surface area contributed by atoms with E-state index in [2.05, 4.69) is 27.7 Å². The van der Waals surface area contributed by atoms with E-state index in [-0.39, 0.29) is 42.6 Å². The maximum Gasteiger partial charge on any atom is 0.494 e. The molecule has 2 bridgehead atoms. The van der Waals surface area contributed by atoms with E-state index in [0.29, 0.717) is 0 Å². The number of hydrogen-bond acceptors (Lipinski definition) is 5. The lowest BCUT2D eigenvalue weighted by atomic mass is 9.79. The lowest BCUT2D eigenvalue weighted by Gasteiger charge is -2.39. The molecular formula is C24H36BNO5. The van der Waals surface area contributed by atoms with Gasteiger partial charge in [-0.05, 0) is 78.9 Å². The summed E-state index contributed by atoms with van der Waals surface area (Å²) in [6.07, 6.45) is 3.64. The maximum absolute atomic E-state index is 12.6. The van der Waals surface area contributed by atoms with E-state index >= 15 is 0 Å². The highest BCUT2D eigenvalue weighted by molar-refractivity contribution is 6.62. The molecule has 3 heterocycles. The number of piperidine rings is 1. The average molecular weight is 429 g/mol. The number of ether oxygens (including phenoxy) is 2. The lowest BCUT2D eigenvalue weighted by molar-refractivity contribution is -0.00707. The van der Waals surface area contributed by atoms with Crippen LogP contribution < -0.4 is 10.2 Å². The molecule has 31 heavy (non-hydrogen) atoms. The summed E-state index contributed by atoms with van der Waals surface area (Å²) in [4.78, 5) is 14.6. The first-order chi connectivity index (χ1) is 14.3. The fraction of sp³-hybridized carbons (Fsp3) is 0.708. The molecule has 0 aromatic heterocycles. The molecule has 170 valence electrons. The average Bonchev–Trinajstić information content (AvgIpc) is 3.03. The standard InChI is InChI=1S/C24H36BNO5/c1-22(2,3)29-21(27)26-17-10-11-18(26)15-20(14-17)28-19-12-8-16(9-13-19)25-30-23(4,5)24(6,7)31-25/h8-9,12-13,17-18,20H,10-11,14-15H2,1-7H3/t17-,18-/m0/s1. The summed E-state index contributed by atoms with van der Waals surface area (Å²) in [5, 5.41) is 0. The molecule has 0 aliphatic carbocycles. The van der Waals surface area contributed by atoms with Crippen molar-refractivity contribution < 1.29 is 23.6 Å². The largest absolute Gasteiger partial charge is 0.494 e. The summed E-state index contributed by atoms with van der Waals surface area (Å²) < 4.78 is 24.2. The van der Waals surface area contributed by atoms with Gasteiger partial charge in [-0.3, -0.25) is 0 Å². The van der Waals surface area contributed by atoms with E-state index in [9.17, 15) is 4.79 Å². The SMILES string of the molecule is CC(C)(C)OC(=O)N1[C@H]2CC[C@H]1CC(Oc1ccc(B3OC(C)(C)C(C)(C)O3)cc1)C2. The molecule has 2 atom stereocenters. The van der Waals surface area contributed by atoms with Crippen LogP contribution >= 0.6 is 0 Å². The van der Waals surface area contributed by atoms with Gasteiger partial charge in [0, 0.05) is 24.9 Å². The van der Waals surface area contributed by atoms with E-state index in [0.717, 1.165) is 36.9 Å². The highest BCUT2D eigenvalue weighted by atomic mass is 16.7. The maximum atomic E-state index is 12.6. The minimum absolute atomic E-state index is 0.110. The highest BCUT2D eigenvalue weighted by Gasteiger charge is 2.51. The predicted molar refractivity (Wildman–Crippen MR) is 121 cm³/mol. The van der Waals surface area contributed by atoms with Crippen LogP contribution in [0.15, 0.2) is 24.3 Å². The predicted octanol–water partition coefficient (Wildman–Crippen LogP) is 4.30. The Hall–Kier alpha value is -1.73. The Morgan fingerprint density at radius 3 is 2.00 bits per heavy atom. The van der Waals surface area contributed by atoms with Crippen LogP contribution in [0.4, 0.5) is 4.79 Å². The fourth-order valence-electron chi connectivity index (χ4n) is 4.71. The molecule has 0 radical (unpaired) electrons. The zero-order valence-electron chi connectivity index (χ0n) is 19.9. The minimum atomic E-state index is -0.469.